The molecule has 0 aliphatic heterocycles. The molecule has 0 saturated carbocycles. The summed E-state index contributed by atoms with van der Waals surface area (Å²) in [5.41, 5.74) is 7.02. The maximum atomic E-state index is 11.3. The van der Waals surface area contributed by atoms with E-state index in [-0.39, 0.29) is 5.69 Å². The van der Waals surface area contributed by atoms with Gasteiger partial charge in [-0.3, -0.25) is 4.79 Å². The minimum absolute atomic E-state index is 0.218. The van der Waals surface area contributed by atoms with Gasteiger partial charge >= 0.3 is 0 Å². The average molecular weight is 326 g/mol. The van der Waals surface area contributed by atoms with Crippen LogP contribution in [0.3, 0.4) is 0 Å². The van der Waals surface area contributed by atoms with Crippen molar-refractivity contribution in [1.82, 2.24) is 19.7 Å². The second-order valence-electron chi connectivity index (χ2n) is 4.48. The highest BCUT2D eigenvalue weighted by molar-refractivity contribution is 7.99. The number of pyridine rings is 1. The number of hydrogen-bond acceptors (Lipinski definition) is 5. The summed E-state index contributed by atoms with van der Waals surface area (Å²) in [7, 11) is 1.87. The van der Waals surface area contributed by atoms with Crippen LogP contribution in [0.15, 0.2) is 17.3 Å². The molecule has 112 valence electrons. The molecule has 0 unspecified atom stereocenters. The molecule has 0 radical (unpaired) electrons. The first-order chi connectivity index (χ1) is 10.0. The second-order valence-corrected chi connectivity index (χ2v) is 5.92. The van der Waals surface area contributed by atoms with E-state index in [1.165, 1.54) is 0 Å². The van der Waals surface area contributed by atoms with Crippen molar-refractivity contribution >= 4 is 29.3 Å². The Hall–Kier alpha value is -1.60. The Morgan fingerprint density at radius 1 is 1.43 bits per heavy atom. The monoisotopic (exact) mass is 325 g/mol. The minimum atomic E-state index is -0.560. The number of nitrogens with zero attached hydrogens (tertiary/aromatic N) is 4. The molecule has 0 aliphatic carbocycles. The van der Waals surface area contributed by atoms with E-state index in [0.717, 1.165) is 22.9 Å². The molecule has 2 aromatic heterocycles. The average Bonchev–Trinajstić information content (AvgIpc) is 2.81. The van der Waals surface area contributed by atoms with Crippen LogP contribution in [0.2, 0.25) is 0 Å². The quantitative estimate of drug-likeness (QED) is 0.498. The van der Waals surface area contributed by atoms with Gasteiger partial charge in [0.2, 0.25) is 0 Å². The lowest BCUT2D eigenvalue weighted by Crippen LogP contribution is -2.14. The fourth-order valence-corrected chi connectivity index (χ4v) is 2.90. The van der Waals surface area contributed by atoms with Crippen molar-refractivity contribution in [3.8, 4) is 11.5 Å². The minimum Gasteiger partial charge on any atom is -0.364 e. The van der Waals surface area contributed by atoms with Gasteiger partial charge in [0.25, 0.3) is 5.91 Å². The number of carbonyl (C=O) groups is 1. The van der Waals surface area contributed by atoms with Crippen LogP contribution in [0.4, 0.5) is 0 Å². The first-order valence-electron chi connectivity index (χ1n) is 6.40. The highest BCUT2D eigenvalue weighted by Crippen LogP contribution is 2.24. The predicted octanol–water partition coefficient (Wildman–Crippen LogP) is 2.01. The van der Waals surface area contributed by atoms with E-state index in [2.05, 4.69) is 15.2 Å². The smallest absolute Gasteiger partial charge is 0.267 e. The number of nitrogens with two attached hydrogens (primary N) is 1. The Labute approximate surface area is 132 Å². The number of alkyl halides is 1. The molecule has 6 nitrogen and oxygen atoms in total. The Morgan fingerprint density at radius 3 is 2.86 bits per heavy atom. The number of aromatic nitrogens is 4. The van der Waals surface area contributed by atoms with Crippen LogP contribution >= 0.6 is 23.4 Å². The molecule has 0 saturated heterocycles. The molecule has 1 amide bonds. The molecule has 0 fully saturated rings. The summed E-state index contributed by atoms with van der Waals surface area (Å²) in [6, 6.07) is 3.41. The summed E-state index contributed by atoms with van der Waals surface area (Å²) in [5, 5.41) is 9.12. The SMILES string of the molecule is Cc1ccc(C(N)=O)nc1-c1nnc(SCCCCl)n1C. The first-order valence-corrected chi connectivity index (χ1v) is 7.92. The Morgan fingerprint density at radius 2 is 2.19 bits per heavy atom. The van der Waals surface area contributed by atoms with Crippen LogP contribution in [0.5, 0.6) is 0 Å². The Kier molecular flexibility index (Phi) is 5.19. The zero-order valence-corrected chi connectivity index (χ0v) is 13.4. The number of thioether (sulfide) groups is 1. The number of rotatable bonds is 6. The molecular weight excluding hydrogens is 310 g/mol. The van der Waals surface area contributed by atoms with Gasteiger partial charge in [-0.15, -0.1) is 21.8 Å². The maximum absolute atomic E-state index is 11.3. The fraction of sp³-hybridized carbons (Fsp3) is 0.385. The zero-order valence-electron chi connectivity index (χ0n) is 11.8. The van der Waals surface area contributed by atoms with Crippen LogP contribution in [0.25, 0.3) is 11.5 Å². The molecular formula is C13H16ClN5OS. The van der Waals surface area contributed by atoms with E-state index >= 15 is 0 Å². The van der Waals surface area contributed by atoms with E-state index in [4.69, 9.17) is 17.3 Å². The summed E-state index contributed by atoms with van der Waals surface area (Å²) in [4.78, 5) is 15.5. The van der Waals surface area contributed by atoms with E-state index in [0.29, 0.717) is 17.4 Å². The normalized spacial score (nSPS) is 10.8. The van der Waals surface area contributed by atoms with Gasteiger partial charge in [-0.1, -0.05) is 17.8 Å². The molecule has 0 aromatic carbocycles. The summed E-state index contributed by atoms with van der Waals surface area (Å²) in [5.74, 6) is 1.56. The lowest BCUT2D eigenvalue weighted by molar-refractivity contribution is 0.0995. The molecule has 21 heavy (non-hydrogen) atoms. The van der Waals surface area contributed by atoms with Gasteiger partial charge in [0, 0.05) is 18.7 Å². The molecule has 0 bridgehead atoms. The third-order valence-corrected chi connectivity index (χ3v) is 4.28. The van der Waals surface area contributed by atoms with Gasteiger partial charge in [-0.2, -0.15) is 0 Å². The van der Waals surface area contributed by atoms with Crippen LogP contribution in [0, 0.1) is 6.92 Å². The van der Waals surface area contributed by atoms with Crippen molar-refractivity contribution in [2.45, 2.75) is 18.5 Å². The number of aryl methyl sites for hydroxylation is 1. The Balaban J connectivity index is 2.34. The van der Waals surface area contributed by atoms with Crippen molar-refractivity contribution in [3.05, 3.63) is 23.4 Å². The molecule has 2 aromatic rings. The van der Waals surface area contributed by atoms with Gasteiger partial charge in [-0.05, 0) is 25.0 Å². The van der Waals surface area contributed by atoms with Crippen LogP contribution < -0.4 is 5.73 Å². The van der Waals surface area contributed by atoms with Crippen molar-refractivity contribution in [3.63, 3.8) is 0 Å². The van der Waals surface area contributed by atoms with Gasteiger partial charge in [0.05, 0.1) is 0 Å². The third-order valence-electron chi connectivity index (χ3n) is 2.91. The predicted molar refractivity (Wildman–Crippen MR) is 83.5 cm³/mol. The summed E-state index contributed by atoms with van der Waals surface area (Å²) >= 11 is 7.26. The zero-order chi connectivity index (χ0) is 15.4. The van der Waals surface area contributed by atoms with Crippen LogP contribution in [-0.2, 0) is 7.05 Å². The van der Waals surface area contributed by atoms with Gasteiger partial charge < -0.3 is 10.3 Å². The van der Waals surface area contributed by atoms with Crippen molar-refractivity contribution in [2.24, 2.45) is 12.8 Å². The van der Waals surface area contributed by atoms with Crippen molar-refractivity contribution in [1.29, 1.82) is 0 Å². The highest BCUT2D eigenvalue weighted by Gasteiger charge is 2.16. The number of carbonyl (C=O) groups excluding carboxylic acids is 1. The first kappa shape index (κ1) is 15.8. The lowest BCUT2D eigenvalue weighted by atomic mass is 10.2. The van der Waals surface area contributed by atoms with E-state index in [1.54, 1.807) is 23.9 Å². The lowest BCUT2D eigenvalue weighted by Gasteiger charge is -2.06. The molecule has 2 N–H and O–H groups in total. The van der Waals surface area contributed by atoms with E-state index < -0.39 is 5.91 Å². The molecule has 0 aliphatic rings. The number of hydrogen-bond donors (Lipinski definition) is 1. The summed E-state index contributed by atoms with van der Waals surface area (Å²) in [6.45, 7) is 1.90. The standard InChI is InChI=1S/C13H16ClN5OS/c1-8-4-5-9(11(15)20)16-10(8)12-17-18-13(19(12)2)21-7-3-6-14/h4-5H,3,6-7H2,1-2H3,(H2,15,20). The summed E-state index contributed by atoms with van der Waals surface area (Å²) < 4.78 is 1.86. The maximum Gasteiger partial charge on any atom is 0.267 e. The van der Waals surface area contributed by atoms with Crippen molar-refractivity contribution in [2.75, 3.05) is 11.6 Å². The molecule has 0 atom stereocenters. The number of primary amides is 1. The van der Waals surface area contributed by atoms with Crippen molar-refractivity contribution < 1.29 is 4.79 Å². The number of amides is 1. The van der Waals surface area contributed by atoms with Gasteiger partial charge in [-0.25, -0.2) is 4.98 Å². The van der Waals surface area contributed by atoms with Gasteiger partial charge in [0.15, 0.2) is 11.0 Å². The molecule has 0 spiro atoms. The second kappa shape index (κ2) is 6.91. The highest BCUT2D eigenvalue weighted by atomic mass is 35.5. The van der Waals surface area contributed by atoms with Crippen LogP contribution in [0.1, 0.15) is 22.5 Å². The summed E-state index contributed by atoms with van der Waals surface area (Å²) in [6.07, 6.45) is 0.906. The van der Waals surface area contributed by atoms with E-state index in [9.17, 15) is 4.79 Å². The molecule has 2 heterocycles. The molecule has 2 rings (SSSR count). The largest absolute Gasteiger partial charge is 0.364 e. The third kappa shape index (κ3) is 3.54. The topological polar surface area (TPSA) is 86.7 Å². The fourth-order valence-electron chi connectivity index (χ4n) is 1.76. The molecule has 8 heteroatoms. The Bertz CT molecular complexity index is 658. The van der Waals surface area contributed by atoms with Crippen LogP contribution in [-0.4, -0.2) is 37.3 Å². The number of halogens is 1. The van der Waals surface area contributed by atoms with Gasteiger partial charge in [0.1, 0.15) is 11.4 Å². The van der Waals surface area contributed by atoms with E-state index in [1.807, 2.05) is 18.5 Å².